The van der Waals surface area contributed by atoms with Crippen molar-refractivity contribution >= 4 is 10.8 Å². The molecule has 0 aliphatic heterocycles. The summed E-state index contributed by atoms with van der Waals surface area (Å²) in [6.07, 6.45) is -4.29. The molecular formula is C15H17F3N2O. The van der Waals surface area contributed by atoms with Crippen LogP contribution in [0, 0.1) is 0 Å². The van der Waals surface area contributed by atoms with Crippen molar-refractivity contribution in [2.45, 2.75) is 12.2 Å². The van der Waals surface area contributed by atoms with Gasteiger partial charge in [-0.3, -0.25) is 0 Å². The maximum atomic E-state index is 12.4. The summed E-state index contributed by atoms with van der Waals surface area (Å²) in [5.41, 5.74) is 6.32. The van der Waals surface area contributed by atoms with E-state index in [2.05, 4.69) is 5.32 Å². The van der Waals surface area contributed by atoms with Crippen LogP contribution < -0.4 is 15.8 Å². The number of nitrogens with one attached hydrogen (secondary N) is 1. The molecule has 114 valence electrons. The molecule has 0 aliphatic carbocycles. The first-order chi connectivity index (χ1) is 9.96. The lowest BCUT2D eigenvalue weighted by molar-refractivity contribution is -0.126. The second-order valence-electron chi connectivity index (χ2n) is 4.69. The van der Waals surface area contributed by atoms with E-state index in [0.717, 1.165) is 10.8 Å². The van der Waals surface area contributed by atoms with Gasteiger partial charge >= 0.3 is 6.18 Å². The Morgan fingerprint density at radius 3 is 2.52 bits per heavy atom. The van der Waals surface area contributed by atoms with Gasteiger partial charge in [-0.15, -0.1) is 0 Å². The Morgan fingerprint density at radius 2 is 1.90 bits per heavy atom. The zero-order chi connectivity index (χ0) is 15.5. The first-order valence-corrected chi connectivity index (χ1v) is 6.52. The fourth-order valence-electron chi connectivity index (χ4n) is 2.36. The van der Waals surface area contributed by atoms with Crippen LogP contribution >= 0.6 is 0 Å². The van der Waals surface area contributed by atoms with Crippen LogP contribution in [0.2, 0.25) is 0 Å². The molecule has 0 saturated carbocycles. The Hall–Kier alpha value is -1.79. The number of benzene rings is 2. The summed E-state index contributed by atoms with van der Waals surface area (Å²) in [7, 11) is 1.49. The molecule has 0 bridgehead atoms. The molecule has 0 heterocycles. The zero-order valence-corrected chi connectivity index (χ0v) is 11.6. The Morgan fingerprint density at radius 1 is 1.19 bits per heavy atom. The van der Waals surface area contributed by atoms with Crippen molar-refractivity contribution in [2.75, 3.05) is 20.2 Å². The summed E-state index contributed by atoms with van der Waals surface area (Å²) in [5.74, 6) is 0.527. The van der Waals surface area contributed by atoms with Crippen LogP contribution in [0.1, 0.15) is 11.6 Å². The molecule has 1 unspecified atom stereocenters. The molecule has 21 heavy (non-hydrogen) atoms. The Labute approximate surface area is 120 Å². The van der Waals surface area contributed by atoms with Gasteiger partial charge in [-0.25, -0.2) is 0 Å². The van der Waals surface area contributed by atoms with Gasteiger partial charge in [-0.05, 0) is 16.8 Å². The third-order valence-electron chi connectivity index (χ3n) is 3.28. The van der Waals surface area contributed by atoms with Crippen LogP contribution in [0.25, 0.3) is 10.8 Å². The lowest BCUT2D eigenvalue weighted by Gasteiger charge is -2.22. The third kappa shape index (κ3) is 3.65. The molecule has 0 amide bonds. The molecule has 0 spiro atoms. The van der Waals surface area contributed by atoms with Gasteiger partial charge in [-0.1, -0.05) is 30.3 Å². The highest BCUT2D eigenvalue weighted by atomic mass is 19.4. The molecule has 2 aromatic carbocycles. The van der Waals surface area contributed by atoms with Crippen LogP contribution in [0.5, 0.6) is 5.75 Å². The van der Waals surface area contributed by atoms with Gasteiger partial charge in [0, 0.05) is 18.2 Å². The van der Waals surface area contributed by atoms with Gasteiger partial charge in [0.15, 0.2) is 0 Å². The van der Waals surface area contributed by atoms with Gasteiger partial charge in [0.2, 0.25) is 0 Å². The lowest BCUT2D eigenvalue weighted by Crippen LogP contribution is -2.36. The van der Waals surface area contributed by atoms with Gasteiger partial charge in [0.25, 0.3) is 0 Å². The second kappa shape index (κ2) is 6.32. The first-order valence-electron chi connectivity index (χ1n) is 6.52. The summed E-state index contributed by atoms with van der Waals surface area (Å²) in [6.45, 7) is -1.05. The van der Waals surface area contributed by atoms with Crippen molar-refractivity contribution in [3.05, 3.63) is 42.0 Å². The largest absolute Gasteiger partial charge is 0.496 e. The van der Waals surface area contributed by atoms with E-state index >= 15 is 0 Å². The van der Waals surface area contributed by atoms with Gasteiger partial charge in [0.1, 0.15) is 5.75 Å². The molecule has 0 radical (unpaired) electrons. The predicted octanol–water partition coefficient (Wildman–Crippen LogP) is 3.00. The molecule has 0 aromatic heterocycles. The number of rotatable bonds is 5. The number of halogens is 3. The normalized spacial score (nSPS) is 13.4. The van der Waals surface area contributed by atoms with E-state index in [1.807, 2.05) is 30.3 Å². The number of alkyl halides is 3. The number of hydrogen-bond acceptors (Lipinski definition) is 3. The standard InChI is InChI=1S/C15H17F3N2O/c1-21-13-7-6-10-4-2-3-5-11(10)14(13)12(8-19)20-9-15(16,17)18/h2-7,12,20H,8-9,19H2,1H3. The zero-order valence-electron chi connectivity index (χ0n) is 11.6. The molecule has 0 saturated heterocycles. The highest BCUT2D eigenvalue weighted by Crippen LogP contribution is 2.33. The number of ether oxygens (including phenoxy) is 1. The number of nitrogens with two attached hydrogens (primary N) is 1. The van der Waals surface area contributed by atoms with E-state index in [1.165, 1.54) is 7.11 Å². The molecule has 1 atom stereocenters. The summed E-state index contributed by atoms with van der Waals surface area (Å²) in [4.78, 5) is 0. The molecule has 0 aliphatic rings. The van der Waals surface area contributed by atoms with Crippen molar-refractivity contribution in [3.63, 3.8) is 0 Å². The summed E-state index contributed by atoms with van der Waals surface area (Å²) in [5, 5.41) is 4.23. The van der Waals surface area contributed by atoms with Crippen LogP contribution in [0.3, 0.4) is 0 Å². The van der Waals surface area contributed by atoms with Crippen LogP contribution in [-0.2, 0) is 0 Å². The number of methoxy groups -OCH3 is 1. The predicted molar refractivity (Wildman–Crippen MR) is 76.4 cm³/mol. The maximum Gasteiger partial charge on any atom is 0.401 e. The van der Waals surface area contributed by atoms with Gasteiger partial charge in [-0.2, -0.15) is 13.2 Å². The molecule has 0 fully saturated rings. The van der Waals surface area contributed by atoms with Crippen LogP contribution in [0.15, 0.2) is 36.4 Å². The minimum atomic E-state index is -4.29. The molecule has 3 nitrogen and oxygen atoms in total. The second-order valence-corrected chi connectivity index (χ2v) is 4.69. The Balaban J connectivity index is 2.45. The van der Waals surface area contributed by atoms with Crippen molar-refractivity contribution in [2.24, 2.45) is 5.73 Å². The Kier molecular flexibility index (Phi) is 4.69. The van der Waals surface area contributed by atoms with E-state index in [9.17, 15) is 13.2 Å². The van der Waals surface area contributed by atoms with Crippen LogP contribution in [0.4, 0.5) is 13.2 Å². The molecule has 2 aromatic rings. The monoisotopic (exact) mass is 298 g/mol. The molecule has 6 heteroatoms. The lowest BCUT2D eigenvalue weighted by atomic mass is 9.97. The van der Waals surface area contributed by atoms with Crippen LogP contribution in [-0.4, -0.2) is 26.4 Å². The van der Waals surface area contributed by atoms with E-state index in [0.29, 0.717) is 11.3 Å². The fraction of sp³-hybridized carbons (Fsp3) is 0.333. The number of fused-ring (bicyclic) bond motifs is 1. The van der Waals surface area contributed by atoms with E-state index in [4.69, 9.17) is 10.5 Å². The summed E-state index contributed by atoms with van der Waals surface area (Å²) < 4.78 is 42.6. The average molecular weight is 298 g/mol. The third-order valence-corrected chi connectivity index (χ3v) is 3.28. The average Bonchev–Trinajstić information content (AvgIpc) is 2.46. The summed E-state index contributed by atoms with van der Waals surface area (Å²) >= 11 is 0. The first kappa shape index (κ1) is 15.6. The van der Waals surface area contributed by atoms with Crippen molar-refractivity contribution in [3.8, 4) is 5.75 Å². The highest BCUT2D eigenvalue weighted by molar-refractivity contribution is 5.88. The van der Waals surface area contributed by atoms with Gasteiger partial charge < -0.3 is 15.8 Å². The van der Waals surface area contributed by atoms with E-state index < -0.39 is 18.8 Å². The SMILES string of the molecule is COc1ccc2ccccc2c1C(CN)NCC(F)(F)F. The van der Waals surface area contributed by atoms with E-state index in [-0.39, 0.29) is 6.54 Å². The van der Waals surface area contributed by atoms with Crippen molar-refractivity contribution in [1.29, 1.82) is 0 Å². The smallest absolute Gasteiger partial charge is 0.401 e. The minimum absolute atomic E-state index is 0.0421. The number of hydrogen-bond donors (Lipinski definition) is 2. The Bertz CT molecular complexity index is 613. The fourth-order valence-corrected chi connectivity index (χ4v) is 2.36. The van der Waals surface area contributed by atoms with Crippen molar-refractivity contribution in [1.82, 2.24) is 5.32 Å². The molecule has 2 rings (SSSR count). The highest BCUT2D eigenvalue weighted by Gasteiger charge is 2.29. The molecular weight excluding hydrogens is 281 g/mol. The maximum absolute atomic E-state index is 12.4. The quantitative estimate of drug-likeness (QED) is 0.892. The minimum Gasteiger partial charge on any atom is -0.496 e. The topological polar surface area (TPSA) is 47.3 Å². The van der Waals surface area contributed by atoms with E-state index in [1.54, 1.807) is 6.07 Å². The summed E-state index contributed by atoms with van der Waals surface area (Å²) in [6, 6.07) is 10.4. The van der Waals surface area contributed by atoms with Crippen molar-refractivity contribution < 1.29 is 17.9 Å². The van der Waals surface area contributed by atoms with Gasteiger partial charge in [0.05, 0.1) is 13.7 Å². The molecule has 3 N–H and O–H groups in total.